The first kappa shape index (κ1) is 11.1. The number of carboxylic acid groups (broad SMARTS) is 2. The van der Waals surface area contributed by atoms with Crippen molar-refractivity contribution in [2.24, 2.45) is 0 Å². The van der Waals surface area contributed by atoms with Crippen molar-refractivity contribution in [2.45, 2.75) is 0 Å². The number of carbonyl (C=O) groups excluding carboxylic acids is 2. The van der Waals surface area contributed by atoms with E-state index < -0.39 is 12.3 Å². The van der Waals surface area contributed by atoms with Crippen molar-refractivity contribution in [3.05, 3.63) is 0 Å². The van der Waals surface area contributed by atoms with Crippen LogP contribution in [0.15, 0.2) is 0 Å². The number of hydrogen-bond acceptors (Lipinski definition) is 5. The van der Waals surface area contributed by atoms with E-state index in [1.165, 1.54) is 0 Å². The molecular formula is C2O5Sr. The molecule has 0 unspecified atom stereocenters. The first-order valence-corrected chi connectivity index (χ1v) is 1.22. The second-order valence-electron chi connectivity index (χ2n) is 0.602. The minimum atomic E-state index is -2.12. The van der Waals surface area contributed by atoms with E-state index >= 15 is 0 Å². The third kappa shape index (κ3) is 9.52. The van der Waals surface area contributed by atoms with E-state index in [4.69, 9.17) is 19.8 Å². The van der Waals surface area contributed by atoms with Gasteiger partial charge in [0.1, 0.15) is 0 Å². The summed E-state index contributed by atoms with van der Waals surface area (Å²) >= 11 is 0. The van der Waals surface area contributed by atoms with Crippen molar-refractivity contribution >= 4 is 57.8 Å². The molecule has 0 bridgehead atoms. The SMILES string of the molecule is O=C([O-])OC(=O)[O-].[Sr+2]. The molecule has 0 aromatic carbocycles. The Morgan fingerprint density at radius 3 is 1.38 bits per heavy atom. The molecule has 0 rings (SSSR count). The molecule has 0 radical (unpaired) electrons. The minimum Gasteiger partial charge on any atom is -0.483 e. The molecular weight excluding hydrogens is 192 g/mol. The summed E-state index contributed by atoms with van der Waals surface area (Å²) in [5.74, 6) is 0. The summed E-state index contributed by atoms with van der Waals surface area (Å²) in [6.45, 7) is 0. The molecule has 0 aliphatic heterocycles. The maximum Gasteiger partial charge on any atom is 2.00 e. The molecule has 0 N–H and O–H groups in total. The molecule has 0 spiro atoms. The van der Waals surface area contributed by atoms with E-state index in [2.05, 4.69) is 4.74 Å². The quantitative estimate of drug-likeness (QED) is 0.236. The Bertz CT molecular complexity index is 86.6. The van der Waals surface area contributed by atoms with Crippen LogP contribution in [-0.4, -0.2) is 57.8 Å². The third-order valence-corrected chi connectivity index (χ3v) is 0.167. The van der Waals surface area contributed by atoms with Crippen molar-refractivity contribution in [2.75, 3.05) is 0 Å². The van der Waals surface area contributed by atoms with E-state index in [9.17, 15) is 0 Å². The van der Waals surface area contributed by atoms with Crippen LogP contribution >= 0.6 is 0 Å². The van der Waals surface area contributed by atoms with Crippen molar-refractivity contribution in [3.8, 4) is 0 Å². The van der Waals surface area contributed by atoms with Gasteiger partial charge in [-0.3, -0.25) is 0 Å². The minimum absolute atomic E-state index is 0. The Morgan fingerprint density at radius 1 is 1.12 bits per heavy atom. The van der Waals surface area contributed by atoms with Gasteiger partial charge in [-0.15, -0.1) is 0 Å². The second-order valence-corrected chi connectivity index (χ2v) is 0.602. The van der Waals surface area contributed by atoms with Crippen molar-refractivity contribution in [3.63, 3.8) is 0 Å². The van der Waals surface area contributed by atoms with Crippen LogP contribution in [0.25, 0.3) is 0 Å². The summed E-state index contributed by atoms with van der Waals surface area (Å²) in [5.41, 5.74) is 0. The van der Waals surface area contributed by atoms with Crippen LogP contribution < -0.4 is 10.2 Å². The van der Waals surface area contributed by atoms with Crippen LogP contribution in [-0.2, 0) is 4.74 Å². The monoisotopic (exact) mass is 192 g/mol. The van der Waals surface area contributed by atoms with Crippen molar-refractivity contribution in [1.82, 2.24) is 0 Å². The zero-order valence-corrected chi connectivity index (χ0v) is 7.22. The molecule has 0 atom stereocenters. The average molecular weight is 192 g/mol. The van der Waals surface area contributed by atoms with Crippen LogP contribution in [0.5, 0.6) is 0 Å². The summed E-state index contributed by atoms with van der Waals surface area (Å²) in [7, 11) is 0. The summed E-state index contributed by atoms with van der Waals surface area (Å²) in [6, 6.07) is 0. The molecule has 0 saturated carbocycles. The first-order chi connectivity index (χ1) is 3.13. The molecule has 40 valence electrons. The number of carbonyl (C=O) groups is 2. The van der Waals surface area contributed by atoms with E-state index in [1.54, 1.807) is 0 Å². The fraction of sp³-hybridized carbons (Fsp3) is 0. The van der Waals surface area contributed by atoms with Crippen molar-refractivity contribution < 1.29 is 24.5 Å². The Hall–Kier alpha value is 0.221. The maximum atomic E-state index is 9.06. The zero-order valence-electron chi connectivity index (χ0n) is 3.75. The van der Waals surface area contributed by atoms with Crippen LogP contribution in [0.3, 0.4) is 0 Å². The Balaban J connectivity index is 0. The summed E-state index contributed by atoms with van der Waals surface area (Å²) in [6.07, 6.45) is -4.25. The van der Waals surface area contributed by atoms with E-state index in [0.29, 0.717) is 0 Å². The molecule has 0 aromatic rings. The van der Waals surface area contributed by atoms with Crippen LogP contribution in [0.4, 0.5) is 9.59 Å². The largest absolute Gasteiger partial charge is 2.00 e. The molecule has 8 heavy (non-hydrogen) atoms. The number of rotatable bonds is 0. The normalized spacial score (nSPS) is 6.50. The molecule has 5 nitrogen and oxygen atoms in total. The zero-order chi connectivity index (χ0) is 5.86. The molecule has 0 saturated heterocycles. The molecule has 0 aliphatic rings. The van der Waals surface area contributed by atoms with Gasteiger partial charge < -0.3 is 24.5 Å². The van der Waals surface area contributed by atoms with Gasteiger partial charge in [-0.2, -0.15) is 0 Å². The number of hydrogen-bond donors (Lipinski definition) is 0. The predicted octanol–water partition coefficient (Wildman–Crippen LogP) is -2.69. The molecule has 0 aliphatic carbocycles. The fourth-order valence-corrected chi connectivity index (χ4v) is 0.0680. The van der Waals surface area contributed by atoms with E-state index in [0.717, 1.165) is 0 Å². The fourth-order valence-electron chi connectivity index (χ4n) is 0.0680. The molecule has 6 heteroatoms. The Labute approximate surface area is 81.5 Å². The summed E-state index contributed by atoms with van der Waals surface area (Å²) in [5, 5.41) is 18.1. The van der Waals surface area contributed by atoms with E-state index in [-0.39, 0.29) is 45.5 Å². The first-order valence-electron chi connectivity index (χ1n) is 1.22. The van der Waals surface area contributed by atoms with Crippen LogP contribution in [0, 0.1) is 0 Å². The van der Waals surface area contributed by atoms with Gasteiger partial charge in [0.2, 0.25) is 0 Å². The standard InChI is InChI=1S/C2H2O5.Sr/c3-1(4)7-2(5)6;/h(H,3,4)(H,5,6);/q;+2/p-2. The average Bonchev–Trinajstić information content (AvgIpc) is 1.27. The van der Waals surface area contributed by atoms with Gasteiger partial charge in [-0.1, -0.05) is 0 Å². The maximum absolute atomic E-state index is 9.06. The second kappa shape index (κ2) is 5.36. The van der Waals surface area contributed by atoms with Gasteiger partial charge in [0.15, 0.2) is 0 Å². The Morgan fingerprint density at radius 2 is 1.38 bits per heavy atom. The number of ether oxygens (including phenoxy) is 1. The van der Waals surface area contributed by atoms with Crippen LogP contribution in [0.2, 0.25) is 0 Å². The Kier molecular flexibility index (Phi) is 7.42. The third-order valence-electron chi connectivity index (χ3n) is 0.167. The van der Waals surface area contributed by atoms with Gasteiger partial charge in [0.25, 0.3) is 12.3 Å². The van der Waals surface area contributed by atoms with Gasteiger partial charge in [-0.05, 0) is 0 Å². The van der Waals surface area contributed by atoms with Gasteiger partial charge in [0.05, 0.1) is 0 Å². The molecule has 0 heterocycles. The van der Waals surface area contributed by atoms with E-state index in [1.807, 2.05) is 0 Å². The molecule has 0 aromatic heterocycles. The smallest absolute Gasteiger partial charge is 0.483 e. The van der Waals surface area contributed by atoms with Crippen LogP contribution in [0.1, 0.15) is 0 Å². The van der Waals surface area contributed by atoms with Gasteiger partial charge in [-0.25, -0.2) is 0 Å². The molecule has 0 amide bonds. The van der Waals surface area contributed by atoms with Crippen molar-refractivity contribution in [1.29, 1.82) is 0 Å². The predicted molar refractivity (Wildman–Crippen MR) is 17.6 cm³/mol. The van der Waals surface area contributed by atoms with Gasteiger partial charge >= 0.3 is 45.5 Å². The van der Waals surface area contributed by atoms with Gasteiger partial charge in [0, 0.05) is 0 Å². The summed E-state index contributed by atoms with van der Waals surface area (Å²) < 4.78 is 2.86. The summed E-state index contributed by atoms with van der Waals surface area (Å²) in [4.78, 5) is 18.1. The topological polar surface area (TPSA) is 89.5 Å². The molecule has 0 fully saturated rings.